The van der Waals surface area contributed by atoms with Gasteiger partial charge in [0.2, 0.25) is 5.91 Å². The van der Waals surface area contributed by atoms with Crippen molar-refractivity contribution in [3.63, 3.8) is 0 Å². The molecule has 7 heteroatoms. The molecule has 4 nitrogen and oxygen atoms in total. The van der Waals surface area contributed by atoms with Crippen LogP contribution in [0.25, 0.3) is 0 Å². The van der Waals surface area contributed by atoms with Crippen LogP contribution in [-0.2, 0) is 11.3 Å². The number of carbonyl (C=O) groups excluding carboxylic acids is 1. The Kier molecular flexibility index (Phi) is 5.33. The molecule has 0 saturated carbocycles. The quantitative estimate of drug-likeness (QED) is 0.860. The summed E-state index contributed by atoms with van der Waals surface area (Å²) in [6, 6.07) is 4.38. The summed E-state index contributed by atoms with van der Waals surface area (Å²) in [5.74, 6) is -3.91. The second-order valence-corrected chi connectivity index (χ2v) is 6.08. The number of anilines is 1. The van der Waals surface area contributed by atoms with Gasteiger partial charge >= 0.3 is 0 Å². The minimum absolute atomic E-state index is 0.351. The van der Waals surface area contributed by atoms with Gasteiger partial charge in [-0.25, -0.2) is 13.2 Å². The maximum Gasteiger partial charge on any atom is 0.241 e. The van der Waals surface area contributed by atoms with Gasteiger partial charge in [-0.1, -0.05) is 12.5 Å². The zero-order valence-electron chi connectivity index (χ0n) is 13.5. The molecule has 0 bridgehead atoms. The first-order chi connectivity index (χ1) is 12.0. The molecule has 0 unspecified atom stereocenters. The Hall–Kier alpha value is -2.41. The zero-order valence-corrected chi connectivity index (χ0v) is 13.5. The average molecular weight is 349 g/mol. The van der Waals surface area contributed by atoms with Crippen molar-refractivity contribution in [1.82, 2.24) is 9.88 Å². The Morgan fingerprint density at radius 3 is 2.76 bits per heavy atom. The van der Waals surface area contributed by atoms with E-state index in [1.54, 1.807) is 12.4 Å². The average Bonchev–Trinajstić information content (AvgIpc) is 2.61. The third-order valence-electron chi connectivity index (χ3n) is 4.29. The molecule has 1 saturated heterocycles. The molecule has 1 aromatic carbocycles. The summed E-state index contributed by atoms with van der Waals surface area (Å²) in [5.41, 5.74) is 0.622. The van der Waals surface area contributed by atoms with Crippen molar-refractivity contribution in [2.45, 2.75) is 31.8 Å². The molecular weight excluding hydrogens is 331 g/mol. The molecule has 1 N–H and O–H groups in total. The van der Waals surface area contributed by atoms with Gasteiger partial charge in [-0.05, 0) is 31.0 Å². The first-order valence-electron chi connectivity index (χ1n) is 8.13. The number of benzene rings is 1. The van der Waals surface area contributed by atoms with E-state index in [2.05, 4.69) is 10.3 Å². The minimum Gasteiger partial charge on any atom is -0.322 e. The van der Waals surface area contributed by atoms with Gasteiger partial charge in [0, 0.05) is 31.1 Å². The minimum atomic E-state index is -1.29. The first-order valence-corrected chi connectivity index (χ1v) is 8.13. The van der Waals surface area contributed by atoms with E-state index < -0.39 is 29.4 Å². The molecular formula is C18H18F3N3O. The summed E-state index contributed by atoms with van der Waals surface area (Å²) < 4.78 is 40.1. The Balaban J connectivity index is 1.74. The highest BCUT2D eigenvalue weighted by molar-refractivity contribution is 5.95. The molecule has 1 aliphatic rings. The van der Waals surface area contributed by atoms with Crippen LogP contribution in [-0.4, -0.2) is 28.4 Å². The Labute approximate surface area is 143 Å². The second-order valence-electron chi connectivity index (χ2n) is 6.08. The molecule has 1 aromatic heterocycles. The third kappa shape index (κ3) is 4.17. The van der Waals surface area contributed by atoms with E-state index in [0.717, 1.165) is 24.9 Å². The number of carbonyl (C=O) groups is 1. The lowest BCUT2D eigenvalue weighted by atomic mass is 10.0. The normalized spacial score (nSPS) is 18.1. The smallest absolute Gasteiger partial charge is 0.241 e. The van der Waals surface area contributed by atoms with Gasteiger partial charge in [0.15, 0.2) is 11.6 Å². The molecule has 2 aromatic rings. The second kappa shape index (κ2) is 7.65. The Morgan fingerprint density at radius 1 is 1.20 bits per heavy atom. The van der Waals surface area contributed by atoms with E-state index in [-0.39, 0.29) is 5.69 Å². The molecule has 132 valence electrons. The lowest BCUT2D eigenvalue weighted by Crippen LogP contribution is -2.46. The van der Waals surface area contributed by atoms with Crippen LogP contribution in [0.4, 0.5) is 18.9 Å². The van der Waals surface area contributed by atoms with E-state index >= 15 is 0 Å². The number of piperidine rings is 1. The highest BCUT2D eigenvalue weighted by Crippen LogP contribution is 2.23. The van der Waals surface area contributed by atoms with Crippen LogP contribution in [0, 0.1) is 17.5 Å². The molecule has 1 fully saturated rings. The van der Waals surface area contributed by atoms with Crippen molar-refractivity contribution < 1.29 is 18.0 Å². The number of nitrogens with zero attached hydrogens (tertiary/aromatic N) is 2. The van der Waals surface area contributed by atoms with Crippen LogP contribution in [0.2, 0.25) is 0 Å². The standard InChI is InChI=1S/C18H18F3N3O/c19-13-8-15(21)16(9-14(13)20)23-18(25)17-5-1-2-7-24(17)11-12-4-3-6-22-10-12/h3-4,6,8-10,17H,1-2,5,7,11H2,(H,23,25)/t17-/m0/s1. The molecule has 0 spiro atoms. The van der Waals surface area contributed by atoms with Crippen LogP contribution in [0.3, 0.4) is 0 Å². The SMILES string of the molecule is O=C(Nc1cc(F)c(F)cc1F)[C@@H]1CCCCN1Cc1cccnc1. The monoisotopic (exact) mass is 349 g/mol. The number of rotatable bonds is 4. The molecule has 2 heterocycles. The van der Waals surface area contributed by atoms with E-state index in [1.165, 1.54) is 0 Å². The van der Waals surface area contributed by atoms with E-state index in [4.69, 9.17) is 0 Å². The highest BCUT2D eigenvalue weighted by Gasteiger charge is 2.29. The van der Waals surface area contributed by atoms with E-state index in [9.17, 15) is 18.0 Å². The fourth-order valence-electron chi connectivity index (χ4n) is 3.04. The number of aromatic nitrogens is 1. The van der Waals surface area contributed by atoms with Crippen LogP contribution >= 0.6 is 0 Å². The van der Waals surface area contributed by atoms with Crippen molar-refractivity contribution in [2.24, 2.45) is 0 Å². The number of nitrogens with one attached hydrogen (secondary N) is 1. The summed E-state index contributed by atoms with van der Waals surface area (Å²) in [6.07, 6.45) is 5.87. The number of amides is 1. The maximum absolute atomic E-state index is 13.8. The number of pyridine rings is 1. The zero-order chi connectivity index (χ0) is 17.8. The molecule has 0 aliphatic carbocycles. The highest BCUT2D eigenvalue weighted by atomic mass is 19.2. The topological polar surface area (TPSA) is 45.2 Å². The predicted octanol–water partition coefficient (Wildman–Crippen LogP) is 3.49. The lowest BCUT2D eigenvalue weighted by molar-refractivity contribution is -0.122. The van der Waals surface area contributed by atoms with Gasteiger partial charge < -0.3 is 5.32 Å². The largest absolute Gasteiger partial charge is 0.322 e. The van der Waals surface area contributed by atoms with Gasteiger partial charge in [-0.15, -0.1) is 0 Å². The van der Waals surface area contributed by atoms with Gasteiger partial charge in [0.05, 0.1) is 11.7 Å². The molecule has 1 aliphatic heterocycles. The van der Waals surface area contributed by atoms with Gasteiger partial charge in [0.25, 0.3) is 0 Å². The molecule has 25 heavy (non-hydrogen) atoms. The summed E-state index contributed by atoms with van der Waals surface area (Å²) >= 11 is 0. The molecule has 1 atom stereocenters. The van der Waals surface area contributed by atoms with Crippen molar-refractivity contribution in [3.8, 4) is 0 Å². The Bertz CT molecular complexity index is 755. The summed E-state index contributed by atoms with van der Waals surface area (Å²) in [7, 11) is 0. The Morgan fingerprint density at radius 2 is 2.00 bits per heavy atom. The fourth-order valence-corrected chi connectivity index (χ4v) is 3.04. The summed E-state index contributed by atoms with van der Waals surface area (Å²) in [5, 5.41) is 2.39. The lowest BCUT2D eigenvalue weighted by Gasteiger charge is -2.34. The number of likely N-dealkylation sites (tertiary alicyclic amines) is 1. The van der Waals surface area contributed by atoms with Crippen LogP contribution in [0.5, 0.6) is 0 Å². The maximum atomic E-state index is 13.8. The van der Waals surface area contributed by atoms with Crippen LogP contribution < -0.4 is 5.32 Å². The first kappa shape index (κ1) is 17.4. The number of halogens is 3. The van der Waals surface area contributed by atoms with Crippen LogP contribution in [0.1, 0.15) is 24.8 Å². The fraction of sp³-hybridized carbons (Fsp3) is 0.333. The number of hydrogen-bond acceptors (Lipinski definition) is 3. The van der Waals surface area contributed by atoms with Crippen molar-refractivity contribution in [3.05, 3.63) is 59.7 Å². The predicted molar refractivity (Wildman–Crippen MR) is 87.2 cm³/mol. The molecule has 3 rings (SSSR count). The summed E-state index contributed by atoms with van der Waals surface area (Å²) in [4.78, 5) is 18.6. The van der Waals surface area contributed by atoms with Gasteiger partial charge in [-0.2, -0.15) is 0 Å². The van der Waals surface area contributed by atoms with Crippen molar-refractivity contribution in [1.29, 1.82) is 0 Å². The van der Waals surface area contributed by atoms with Gasteiger partial charge in [-0.3, -0.25) is 14.7 Å². The van der Waals surface area contributed by atoms with Crippen molar-refractivity contribution >= 4 is 11.6 Å². The molecule has 1 amide bonds. The van der Waals surface area contributed by atoms with Crippen molar-refractivity contribution in [2.75, 3.05) is 11.9 Å². The number of hydrogen-bond donors (Lipinski definition) is 1. The summed E-state index contributed by atoms with van der Waals surface area (Å²) in [6.45, 7) is 1.28. The molecule has 0 radical (unpaired) electrons. The van der Waals surface area contributed by atoms with Gasteiger partial charge in [0.1, 0.15) is 5.82 Å². The van der Waals surface area contributed by atoms with E-state index in [1.807, 2.05) is 17.0 Å². The van der Waals surface area contributed by atoms with E-state index in [0.29, 0.717) is 25.1 Å². The van der Waals surface area contributed by atoms with Crippen LogP contribution in [0.15, 0.2) is 36.7 Å². The third-order valence-corrected chi connectivity index (χ3v) is 4.29.